The lowest BCUT2D eigenvalue weighted by atomic mass is 9.75. The molecule has 0 saturated heterocycles. The maximum absolute atomic E-state index is 6.72. The van der Waals surface area contributed by atoms with Crippen LogP contribution in [0.1, 0.15) is 65.2 Å². The van der Waals surface area contributed by atoms with Gasteiger partial charge in [-0.1, -0.05) is 77.1 Å². The second-order valence-electron chi connectivity index (χ2n) is 14.7. The van der Waals surface area contributed by atoms with Crippen LogP contribution in [0.3, 0.4) is 0 Å². The largest absolute Gasteiger partial charge is 0.418 e. The van der Waals surface area contributed by atoms with Crippen LogP contribution in [0, 0.1) is 5.92 Å². The number of ether oxygens (including phenoxy) is 2. The summed E-state index contributed by atoms with van der Waals surface area (Å²) < 4.78 is 21.8. The van der Waals surface area contributed by atoms with Gasteiger partial charge < -0.3 is 13.9 Å². The number of furan rings is 1. The van der Waals surface area contributed by atoms with Crippen molar-refractivity contribution in [1.82, 2.24) is 4.98 Å². The Labute approximate surface area is 258 Å². The van der Waals surface area contributed by atoms with Gasteiger partial charge in [-0.25, -0.2) is 4.57 Å². The molecule has 0 bridgehead atoms. The summed E-state index contributed by atoms with van der Waals surface area (Å²) in [6, 6.07) is 22.5. The Morgan fingerprint density at radius 3 is 2.27 bits per heavy atom. The lowest BCUT2D eigenvalue weighted by molar-refractivity contribution is -0.743. The molecule has 3 heterocycles. The number of fused-ring (bicyclic) bond motifs is 14. The average molecular weight is 586 g/mol. The molecule has 4 aromatic carbocycles. The van der Waals surface area contributed by atoms with Crippen LogP contribution in [-0.2, 0) is 32.3 Å². The van der Waals surface area contributed by atoms with Crippen molar-refractivity contribution in [3.8, 4) is 11.3 Å². The molecule has 1 saturated carbocycles. The molecule has 2 aromatic heterocycles. The fourth-order valence-electron chi connectivity index (χ4n) is 8.94. The average Bonchev–Trinajstić information content (AvgIpc) is 3.22. The van der Waals surface area contributed by atoms with E-state index in [0.29, 0.717) is 11.6 Å². The molecule has 44 heavy (non-hydrogen) atoms. The predicted molar refractivity (Wildman–Crippen MR) is 177 cm³/mol. The van der Waals surface area contributed by atoms with Crippen molar-refractivity contribution in [2.45, 2.75) is 77.0 Å². The zero-order valence-corrected chi connectivity index (χ0v) is 27.3. The molecule has 0 amide bonds. The van der Waals surface area contributed by atoms with E-state index in [1.807, 2.05) is 6.33 Å². The van der Waals surface area contributed by atoms with Crippen molar-refractivity contribution < 1.29 is 18.5 Å². The SMILES string of the molecule is COC1(OC)C2(C)c3c(cc(C(C)(C)C)c4ccccc34)-c3c4c(nc[n+]3C12C)oc1c2cc(CC(C)C)ccc2ccc14. The standard InChI is InChI=1S/C39H41N2O3/c1-22(2)18-23-14-15-24-16-17-27-31-33-29-20-30(36(3,4)5)25-12-10-11-13-26(25)32(29)37(6)38(7,39(37,42-8)43-9)41(33)21-40-35(31)44-34(27)28(24)19-23/h10-17,19-22H,18H2,1-9H3/q+1. The smallest absolute Gasteiger partial charge is 0.345 e. The highest BCUT2D eigenvalue weighted by Crippen LogP contribution is 2.74. The van der Waals surface area contributed by atoms with Crippen molar-refractivity contribution in [3.05, 3.63) is 83.7 Å². The van der Waals surface area contributed by atoms with Gasteiger partial charge in [-0.15, -0.1) is 0 Å². The molecule has 1 aliphatic carbocycles. The summed E-state index contributed by atoms with van der Waals surface area (Å²) in [7, 11) is 3.54. The van der Waals surface area contributed by atoms with Crippen LogP contribution in [0.25, 0.3) is 54.9 Å². The molecule has 224 valence electrons. The molecule has 0 N–H and O–H groups in total. The van der Waals surface area contributed by atoms with Crippen LogP contribution in [-0.4, -0.2) is 25.0 Å². The van der Waals surface area contributed by atoms with E-state index in [2.05, 4.69) is 114 Å². The Morgan fingerprint density at radius 1 is 0.886 bits per heavy atom. The normalized spacial score (nSPS) is 22.1. The fourth-order valence-corrected chi connectivity index (χ4v) is 8.94. The number of nitrogens with zero attached hydrogens (tertiary/aromatic N) is 2. The van der Waals surface area contributed by atoms with E-state index in [1.54, 1.807) is 14.2 Å². The first-order chi connectivity index (χ1) is 20.9. The van der Waals surface area contributed by atoms with Crippen molar-refractivity contribution in [2.75, 3.05) is 14.2 Å². The maximum atomic E-state index is 6.72. The molecular formula is C39H41N2O3+. The molecule has 0 radical (unpaired) electrons. The Hall–Kier alpha value is -3.80. The number of hydrogen-bond donors (Lipinski definition) is 0. The second-order valence-corrected chi connectivity index (χ2v) is 14.7. The highest BCUT2D eigenvalue weighted by molar-refractivity contribution is 6.18. The highest BCUT2D eigenvalue weighted by Gasteiger charge is 2.92. The van der Waals surface area contributed by atoms with E-state index in [1.165, 1.54) is 38.4 Å². The minimum atomic E-state index is -0.885. The van der Waals surface area contributed by atoms with E-state index in [4.69, 9.17) is 18.9 Å². The first-order valence-corrected chi connectivity index (χ1v) is 15.8. The monoisotopic (exact) mass is 585 g/mol. The summed E-state index contributed by atoms with van der Waals surface area (Å²) in [6.07, 6.45) is 2.97. The third kappa shape index (κ3) is 3.07. The van der Waals surface area contributed by atoms with Gasteiger partial charge in [-0.2, -0.15) is 0 Å². The van der Waals surface area contributed by atoms with Crippen LogP contribution >= 0.6 is 0 Å². The predicted octanol–water partition coefficient (Wildman–Crippen LogP) is 8.73. The molecule has 8 rings (SSSR count). The van der Waals surface area contributed by atoms with E-state index in [0.717, 1.165) is 33.9 Å². The molecule has 6 aromatic rings. The summed E-state index contributed by atoms with van der Waals surface area (Å²) in [4.78, 5) is 4.99. The molecular weight excluding hydrogens is 544 g/mol. The summed E-state index contributed by atoms with van der Waals surface area (Å²) in [5.74, 6) is -0.310. The van der Waals surface area contributed by atoms with Crippen LogP contribution in [0.5, 0.6) is 0 Å². The van der Waals surface area contributed by atoms with Gasteiger partial charge in [0.05, 0.1) is 0 Å². The number of benzene rings is 4. The van der Waals surface area contributed by atoms with Crippen molar-refractivity contribution >= 4 is 43.6 Å². The van der Waals surface area contributed by atoms with Gasteiger partial charge in [0.1, 0.15) is 16.4 Å². The molecule has 2 aliphatic rings. The minimum Gasteiger partial charge on any atom is -0.418 e. The van der Waals surface area contributed by atoms with Gasteiger partial charge >= 0.3 is 5.71 Å². The van der Waals surface area contributed by atoms with Crippen LogP contribution in [0.2, 0.25) is 0 Å². The van der Waals surface area contributed by atoms with Gasteiger partial charge in [-0.05, 0) is 87.6 Å². The first-order valence-electron chi connectivity index (χ1n) is 15.8. The van der Waals surface area contributed by atoms with Gasteiger partial charge in [0.2, 0.25) is 5.79 Å². The number of methoxy groups -OCH3 is 2. The summed E-state index contributed by atoms with van der Waals surface area (Å²) >= 11 is 0. The molecule has 2 unspecified atom stereocenters. The Morgan fingerprint density at radius 2 is 1.59 bits per heavy atom. The third-order valence-electron chi connectivity index (χ3n) is 11.0. The molecule has 1 fully saturated rings. The Bertz CT molecular complexity index is 2180. The zero-order chi connectivity index (χ0) is 31.0. The summed E-state index contributed by atoms with van der Waals surface area (Å²) in [6.45, 7) is 16.0. The molecule has 5 heteroatoms. The van der Waals surface area contributed by atoms with Gasteiger partial charge in [0.15, 0.2) is 11.2 Å². The Balaban J connectivity index is 1.56. The van der Waals surface area contributed by atoms with Crippen molar-refractivity contribution in [1.29, 1.82) is 0 Å². The topological polar surface area (TPSA) is 48.4 Å². The third-order valence-corrected chi connectivity index (χ3v) is 11.0. The number of hydrogen-bond acceptors (Lipinski definition) is 4. The quantitative estimate of drug-likeness (QED) is 0.153. The van der Waals surface area contributed by atoms with Crippen LogP contribution in [0.15, 0.2) is 71.4 Å². The number of rotatable bonds is 4. The van der Waals surface area contributed by atoms with Gasteiger partial charge in [-0.3, -0.25) is 0 Å². The lowest BCUT2D eigenvalue weighted by Crippen LogP contribution is -2.55. The van der Waals surface area contributed by atoms with E-state index in [9.17, 15) is 0 Å². The van der Waals surface area contributed by atoms with E-state index < -0.39 is 16.7 Å². The number of aromatic nitrogens is 2. The summed E-state index contributed by atoms with van der Waals surface area (Å²) in [5.41, 5.74) is 6.63. The Kier molecular flexibility index (Phi) is 5.47. The lowest BCUT2D eigenvalue weighted by Gasteiger charge is -2.31. The second kappa shape index (κ2) is 8.68. The molecule has 2 atom stereocenters. The fraction of sp³-hybridized carbons (Fsp3) is 0.385. The van der Waals surface area contributed by atoms with Crippen molar-refractivity contribution in [2.24, 2.45) is 5.92 Å². The van der Waals surface area contributed by atoms with Crippen LogP contribution in [0.4, 0.5) is 0 Å². The van der Waals surface area contributed by atoms with E-state index >= 15 is 0 Å². The zero-order valence-electron chi connectivity index (χ0n) is 27.3. The molecule has 1 aliphatic heterocycles. The van der Waals surface area contributed by atoms with Gasteiger partial charge in [0.25, 0.3) is 6.33 Å². The van der Waals surface area contributed by atoms with E-state index in [-0.39, 0.29) is 5.41 Å². The van der Waals surface area contributed by atoms with Crippen LogP contribution < -0.4 is 4.57 Å². The minimum absolute atomic E-state index is 0.0715. The van der Waals surface area contributed by atoms with Crippen molar-refractivity contribution in [3.63, 3.8) is 0 Å². The van der Waals surface area contributed by atoms with Gasteiger partial charge in [0, 0.05) is 30.6 Å². The summed E-state index contributed by atoms with van der Waals surface area (Å²) in [5, 5.41) is 6.93. The highest BCUT2D eigenvalue weighted by atomic mass is 16.7. The maximum Gasteiger partial charge on any atom is 0.345 e. The first kappa shape index (κ1) is 27.7. The molecule has 0 spiro atoms. The molecule has 5 nitrogen and oxygen atoms in total.